The van der Waals surface area contributed by atoms with E-state index in [4.69, 9.17) is 4.74 Å². The summed E-state index contributed by atoms with van der Waals surface area (Å²) in [6.45, 7) is 7.63. The molecule has 1 aromatic heterocycles. The fourth-order valence-corrected chi connectivity index (χ4v) is 3.66. The topological polar surface area (TPSA) is 80.6 Å². The number of carboxylic acids is 1. The molecule has 1 aromatic carbocycles. The average Bonchev–Trinajstić information content (AvgIpc) is 3.14. The van der Waals surface area contributed by atoms with Crippen molar-refractivity contribution in [1.82, 2.24) is 9.88 Å². The van der Waals surface area contributed by atoms with E-state index >= 15 is 0 Å². The lowest BCUT2D eigenvalue weighted by molar-refractivity contribution is 0.0521. The number of amides is 1. The Balaban J connectivity index is 1.93. The van der Waals surface area contributed by atoms with Crippen LogP contribution < -0.4 is 5.32 Å². The molecule has 0 fully saturated rings. The Morgan fingerprint density at radius 1 is 1.31 bits per heavy atom. The van der Waals surface area contributed by atoms with Gasteiger partial charge in [0.15, 0.2) is 0 Å². The summed E-state index contributed by atoms with van der Waals surface area (Å²) in [6, 6.07) is 5.61. The van der Waals surface area contributed by atoms with E-state index in [1.807, 2.05) is 17.6 Å². The van der Waals surface area contributed by atoms with Crippen LogP contribution in [0.2, 0.25) is 0 Å². The molecule has 26 heavy (non-hydrogen) atoms. The highest BCUT2D eigenvalue weighted by Gasteiger charge is 2.25. The molecule has 0 aliphatic heterocycles. The van der Waals surface area contributed by atoms with Gasteiger partial charge in [0.1, 0.15) is 11.3 Å². The number of fused-ring (bicyclic) bond motifs is 3. The van der Waals surface area contributed by atoms with Crippen molar-refractivity contribution in [3.8, 4) is 0 Å². The van der Waals surface area contributed by atoms with Crippen LogP contribution in [0.1, 0.15) is 61.8 Å². The summed E-state index contributed by atoms with van der Waals surface area (Å²) in [7, 11) is 0. The number of nitrogens with one attached hydrogen (secondary N) is 1. The standard InChI is InChI=1S/C20H26N2O4/c1-12(11-21-19(25)26-20(2,3)4)22-16(18(23)24)10-14-9-8-13-6-5-7-15(13)17(14)22/h8-10,12H,5-7,11H2,1-4H3,(H,21,25)(H,23,24)/t12-/m1/s1. The molecule has 0 spiro atoms. The number of carbonyl (C=O) groups excluding carboxylic acids is 1. The van der Waals surface area contributed by atoms with Gasteiger partial charge in [0.05, 0.1) is 5.52 Å². The predicted molar refractivity (Wildman–Crippen MR) is 99.9 cm³/mol. The quantitative estimate of drug-likeness (QED) is 0.868. The van der Waals surface area contributed by atoms with Crippen molar-refractivity contribution in [2.24, 2.45) is 0 Å². The van der Waals surface area contributed by atoms with Gasteiger partial charge < -0.3 is 19.7 Å². The first-order valence-corrected chi connectivity index (χ1v) is 9.03. The van der Waals surface area contributed by atoms with Crippen LogP contribution in [0.4, 0.5) is 4.79 Å². The van der Waals surface area contributed by atoms with Crippen LogP contribution in [0.5, 0.6) is 0 Å². The number of carbonyl (C=O) groups is 2. The normalized spacial score (nSPS) is 14.9. The molecule has 6 nitrogen and oxygen atoms in total. The minimum atomic E-state index is -0.961. The molecule has 6 heteroatoms. The molecule has 2 N–H and O–H groups in total. The summed E-state index contributed by atoms with van der Waals surface area (Å²) in [4.78, 5) is 23.7. The third-order valence-electron chi connectivity index (χ3n) is 4.68. The van der Waals surface area contributed by atoms with Crippen LogP contribution in [0.3, 0.4) is 0 Å². The summed E-state index contributed by atoms with van der Waals surface area (Å²) in [5.74, 6) is -0.961. The fraction of sp³-hybridized carbons (Fsp3) is 0.500. The van der Waals surface area contributed by atoms with Crippen LogP contribution in [0.25, 0.3) is 10.9 Å². The van der Waals surface area contributed by atoms with Crippen LogP contribution in [-0.2, 0) is 17.6 Å². The average molecular weight is 358 g/mol. The molecule has 0 saturated heterocycles. The molecular formula is C20H26N2O4. The number of benzene rings is 1. The Kier molecular flexibility index (Phi) is 4.69. The molecule has 1 aliphatic rings. The summed E-state index contributed by atoms with van der Waals surface area (Å²) >= 11 is 0. The Morgan fingerprint density at radius 3 is 2.69 bits per heavy atom. The van der Waals surface area contributed by atoms with Crippen molar-refractivity contribution < 1.29 is 19.4 Å². The van der Waals surface area contributed by atoms with Crippen LogP contribution in [-0.4, -0.2) is 33.9 Å². The minimum Gasteiger partial charge on any atom is -0.477 e. The first kappa shape index (κ1) is 18.3. The van der Waals surface area contributed by atoms with E-state index in [0.717, 1.165) is 30.2 Å². The second-order valence-electron chi connectivity index (χ2n) is 7.93. The highest BCUT2D eigenvalue weighted by atomic mass is 16.6. The molecule has 2 aromatic rings. The molecule has 3 rings (SSSR count). The van der Waals surface area contributed by atoms with Gasteiger partial charge >= 0.3 is 12.1 Å². The third kappa shape index (κ3) is 3.54. The van der Waals surface area contributed by atoms with Gasteiger partial charge in [0.25, 0.3) is 0 Å². The number of hydrogen-bond acceptors (Lipinski definition) is 3. The summed E-state index contributed by atoms with van der Waals surface area (Å²) < 4.78 is 7.12. The van der Waals surface area contributed by atoms with Gasteiger partial charge in [0.2, 0.25) is 0 Å². The lowest BCUT2D eigenvalue weighted by Crippen LogP contribution is -2.35. The SMILES string of the molecule is C[C@H](CNC(=O)OC(C)(C)C)n1c(C(=O)O)cc2ccc3c(c21)CCC3. The van der Waals surface area contributed by atoms with Gasteiger partial charge in [0, 0.05) is 18.0 Å². The van der Waals surface area contributed by atoms with Gasteiger partial charge in [-0.25, -0.2) is 9.59 Å². The highest BCUT2D eigenvalue weighted by Crippen LogP contribution is 2.34. The van der Waals surface area contributed by atoms with E-state index in [0.29, 0.717) is 6.54 Å². The Hall–Kier alpha value is -2.50. The van der Waals surface area contributed by atoms with E-state index < -0.39 is 17.7 Å². The number of hydrogen-bond donors (Lipinski definition) is 2. The fourth-order valence-electron chi connectivity index (χ4n) is 3.66. The Labute approximate surface area is 153 Å². The van der Waals surface area contributed by atoms with Gasteiger partial charge in [-0.2, -0.15) is 0 Å². The number of aromatic nitrogens is 1. The molecule has 1 aliphatic carbocycles. The van der Waals surface area contributed by atoms with Crippen LogP contribution in [0.15, 0.2) is 18.2 Å². The number of aromatic carboxylic acids is 1. The van der Waals surface area contributed by atoms with Gasteiger partial charge in [-0.3, -0.25) is 0 Å². The van der Waals surface area contributed by atoms with Crippen LogP contribution >= 0.6 is 0 Å². The highest BCUT2D eigenvalue weighted by molar-refractivity contribution is 5.96. The Bertz CT molecular complexity index is 861. The molecule has 1 atom stereocenters. The first-order valence-electron chi connectivity index (χ1n) is 9.03. The predicted octanol–water partition coefficient (Wildman–Crippen LogP) is 3.91. The maximum Gasteiger partial charge on any atom is 0.407 e. The van der Waals surface area contributed by atoms with Crippen LogP contribution in [0, 0.1) is 0 Å². The molecule has 0 saturated carbocycles. The van der Waals surface area contributed by atoms with Crippen molar-refractivity contribution in [3.05, 3.63) is 35.0 Å². The molecule has 0 radical (unpaired) electrons. The van der Waals surface area contributed by atoms with Gasteiger partial charge in [-0.15, -0.1) is 0 Å². The number of ether oxygens (including phenoxy) is 1. The molecule has 0 bridgehead atoms. The summed E-state index contributed by atoms with van der Waals surface area (Å²) in [6.07, 6.45) is 2.58. The smallest absolute Gasteiger partial charge is 0.407 e. The van der Waals surface area contributed by atoms with E-state index in [1.165, 1.54) is 11.1 Å². The van der Waals surface area contributed by atoms with E-state index in [-0.39, 0.29) is 11.7 Å². The second kappa shape index (κ2) is 6.67. The largest absolute Gasteiger partial charge is 0.477 e. The van der Waals surface area contributed by atoms with Crippen molar-refractivity contribution >= 4 is 23.0 Å². The third-order valence-corrected chi connectivity index (χ3v) is 4.68. The lowest BCUT2D eigenvalue weighted by atomic mass is 10.1. The van der Waals surface area contributed by atoms with Crippen molar-refractivity contribution in [3.63, 3.8) is 0 Å². The number of aryl methyl sites for hydroxylation is 2. The van der Waals surface area contributed by atoms with E-state index in [9.17, 15) is 14.7 Å². The molecule has 140 valence electrons. The molecule has 0 unspecified atom stereocenters. The number of nitrogens with zero attached hydrogens (tertiary/aromatic N) is 1. The van der Waals surface area contributed by atoms with Crippen molar-refractivity contribution in [2.75, 3.05) is 6.54 Å². The maximum absolute atomic E-state index is 11.9. The van der Waals surface area contributed by atoms with Gasteiger partial charge in [-0.1, -0.05) is 12.1 Å². The maximum atomic E-state index is 11.9. The zero-order valence-corrected chi connectivity index (χ0v) is 15.8. The van der Waals surface area contributed by atoms with E-state index in [2.05, 4.69) is 11.4 Å². The minimum absolute atomic E-state index is 0.210. The van der Waals surface area contributed by atoms with Crippen molar-refractivity contribution in [1.29, 1.82) is 0 Å². The zero-order valence-electron chi connectivity index (χ0n) is 15.8. The Morgan fingerprint density at radius 2 is 2.04 bits per heavy atom. The van der Waals surface area contributed by atoms with Gasteiger partial charge in [-0.05, 0) is 64.2 Å². The second-order valence-corrected chi connectivity index (χ2v) is 7.93. The zero-order chi connectivity index (χ0) is 19.1. The number of carboxylic acid groups (broad SMARTS) is 1. The summed E-state index contributed by atoms with van der Waals surface area (Å²) in [5.41, 5.74) is 3.19. The van der Waals surface area contributed by atoms with Crippen molar-refractivity contribution in [2.45, 2.75) is 58.6 Å². The first-order chi connectivity index (χ1) is 12.2. The number of rotatable bonds is 4. The van der Waals surface area contributed by atoms with E-state index in [1.54, 1.807) is 26.8 Å². The lowest BCUT2D eigenvalue weighted by Gasteiger charge is -2.22. The molecule has 1 amide bonds. The number of alkyl carbamates (subject to hydrolysis) is 1. The molecular weight excluding hydrogens is 332 g/mol. The monoisotopic (exact) mass is 358 g/mol. The summed E-state index contributed by atoms with van der Waals surface area (Å²) in [5, 5.41) is 13.3. The molecule has 1 heterocycles.